The highest BCUT2D eigenvalue weighted by Crippen LogP contribution is 2.26. The van der Waals surface area contributed by atoms with Crippen LogP contribution in [0.2, 0.25) is 0 Å². The second-order valence-electron chi connectivity index (χ2n) is 8.17. The van der Waals surface area contributed by atoms with Crippen molar-refractivity contribution in [2.45, 2.75) is 27.3 Å². The standard InChI is InChI=1S/C26H30N2O4S/c1-19-6-13-24(14-7-19)32-16-15-27-26(29)23-11-9-22(10-12-23)18-28(33(4,30)31)25-17-20(2)5-8-21(25)3/h5-14,17H,15-16,18H2,1-4H3,(H,27,29). The molecular weight excluding hydrogens is 436 g/mol. The molecule has 0 aliphatic carbocycles. The summed E-state index contributed by atoms with van der Waals surface area (Å²) in [5.41, 5.74) is 4.99. The van der Waals surface area contributed by atoms with Crippen molar-refractivity contribution in [1.82, 2.24) is 5.32 Å². The molecule has 7 heteroatoms. The molecule has 0 unspecified atom stereocenters. The summed E-state index contributed by atoms with van der Waals surface area (Å²) >= 11 is 0. The average Bonchev–Trinajstić information content (AvgIpc) is 2.77. The quantitative estimate of drug-likeness (QED) is 0.475. The van der Waals surface area contributed by atoms with Gasteiger partial charge in [-0.2, -0.15) is 0 Å². The van der Waals surface area contributed by atoms with E-state index in [-0.39, 0.29) is 12.5 Å². The molecule has 0 fully saturated rings. The maximum Gasteiger partial charge on any atom is 0.251 e. The number of carbonyl (C=O) groups is 1. The second-order valence-corrected chi connectivity index (χ2v) is 10.1. The van der Waals surface area contributed by atoms with Crippen molar-refractivity contribution in [1.29, 1.82) is 0 Å². The lowest BCUT2D eigenvalue weighted by molar-refractivity contribution is 0.0947. The first-order valence-corrected chi connectivity index (χ1v) is 12.6. The molecule has 0 heterocycles. The number of hydrogen-bond donors (Lipinski definition) is 1. The molecule has 3 aromatic carbocycles. The zero-order valence-electron chi connectivity index (χ0n) is 19.5. The van der Waals surface area contributed by atoms with Crippen LogP contribution in [0.15, 0.2) is 66.7 Å². The smallest absolute Gasteiger partial charge is 0.251 e. The minimum Gasteiger partial charge on any atom is -0.492 e. The van der Waals surface area contributed by atoms with Crippen LogP contribution < -0.4 is 14.4 Å². The zero-order chi connectivity index (χ0) is 24.0. The lowest BCUT2D eigenvalue weighted by Gasteiger charge is -2.25. The largest absolute Gasteiger partial charge is 0.492 e. The SMILES string of the molecule is Cc1ccc(OCCNC(=O)c2ccc(CN(c3cc(C)ccc3C)S(C)(=O)=O)cc2)cc1. The Labute approximate surface area is 196 Å². The van der Waals surface area contributed by atoms with Crippen molar-refractivity contribution in [3.8, 4) is 5.75 Å². The minimum absolute atomic E-state index is 0.190. The maximum atomic E-state index is 12.5. The number of sulfonamides is 1. The predicted octanol–water partition coefficient (Wildman–Crippen LogP) is 4.39. The molecule has 0 aliphatic heterocycles. The van der Waals surface area contributed by atoms with E-state index < -0.39 is 10.0 Å². The molecule has 0 bridgehead atoms. The summed E-state index contributed by atoms with van der Waals surface area (Å²) < 4.78 is 32.0. The molecular formula is C26H30N2O4S. The van der Waals surface area contributed by atoms with Crippen molar-refractivity contribution >= 4 is 21.6 Å². The summed E-state index contributed by atoms with van der Waals surface area (Å²) in [7, 11) is -3.48. The molecule has 0 spiro atoms. The van der Waals surface area contributed by atoms with Crippen LogP contribution in [-0.4, -0.2) is 33.7 Å². The summed E-state index contributed by atoms with van der Waals surface area (Å²) in [6.07, 6.45) is 1.20. The fourth-order valence-electron chi connectivity index (χ4n) is 3.37. The summed E-state index contributed by atoms with van der Waals surface area (Å²) in [6, 6.07) is 20.4. The number of ether oxygens (including phenoxy) is 1. The Kier molecular flexibility index (Phi) is 7.76. The first-order chi connectivity index (χ1) is 15.6. The zero-order valence-corrected chi connectivity index (χ0v) is 20.3. The average molecular weight is 467 g/mol. The number of rotatable bonds is 9. The highest BCUT2D eigenvalue weighted by molar-refractivity contribution is 7.92. The highest BCUT2D eigenvalue weighted by atomic mass is 32.2. The third-order valence-electron chi connectivity index (χ3n) is 5.25. The maximum absolute atomic E-state index is 12.5. The van der Waals surface area contributed by atoms with E-state index >= 15 is 0 Å². The van der Waals surface area contributed by atoms with Gasteiger partial charge >= 0.3 is 0 Å². The summed E-state index contributed by atoms with van der Waals surface area (Å²) in [4.78, 5) is 12.4. The predicted molar refractivity (Wildman–Crippen MR) is 132 cm³/mol. The number of nitrogens with one attached hydrogen (secondary N) is 1. The second kappa shape index (κ2) is 10.5. The van der Waals surface area contributed by atoms with Crippen molar-refractivity contribution < 1.29 is 17.9 Å². The molecule has 0 aromatic heterocycles. The number of nitrogens with zero attached hydrogens (tertiary/aromatic N) is 1. The van der Waals surface area contributed by atoms with Crippen LogP contribution in [-0.2, 0) is 16.6 Å². The van der Waals surface area contributed by atoms with E-state index in [1.54, 1.807) is 24.3 Å². The molecule has 1 amide bonds. The number of carbonyl (C=O) groups excluding carboxylic acids is 1. The number of benzene rings is 3. The molecule has 0 atom stereocenters. The van der Waals surface area contributed by atoms with Crippen LogP contribution in [0.3, 0.4) is 0 Å². The highest BCUT2D eigenvalue weighted by Gasteiger charge is 2.20. The molecule has 0 radical (unpaired) electrons. The van der Waals surface area contributed by atoms with Crippen molar-refractivity contribution in [3.05, 3.63) is 94.5 Å². The third-order valence-corrected chi connectivity index (χ3v) is 6.38. The molecule has 1 N–H and O–H groups in total. The van der Waals surface area contributed by atoms with Crippen molar-refractivity contribution in [2.24, 2.45) is 0 Å². The van der Waals surface area contributed by atoms with Gasteiger partial charge in [0.05, 0.1) is 25.0 Å². The molecule has 6 nitrogen and oxygen atoms in total. The van der Waals surface area contributed by atoms with Crippen LogP contribution in [0.1, 0.15) is 32.6 Å². The lowest BCUT2D eigenvalue weighted by Crippen LogP contribution is -2.30. The molecule has 0 saturated carbocycles. The van der Waals surface area contributed by atoms with Gasteiger partial charge in [-0.3, -0.25) is 9.10 Å². The van der Waals surface area contributed by atoms with Gasteiger partial charge in [0.1, 0.15) is 12.4 Å². The Hall–Kier alpha value is -3.32. The topological polar surface area (TPSA) is 75.7 Å². The lowest BCUT2D eigenvalue weighted by atomic mass is 10.1. The Bertz CT molecular complexity index is 1200. The first-order valence-electron chi connectivity index (χ1n) is 10.7. The monoisotopic (exact) mass is 466 g/mol. The number of hydrogen-bond acceptors (Lipinski definition) is 4. The Morgan fingerprint density at radius 3 is 2.18 bits per heavy atom. The Morgan fingerprint density at radius 1 is 0.909 bits per heavy atom. The van der Waals surface area contributed by atoms with E-state index in [1.165, 1.54) is 10.6 Å². The molecule has 174 valence electrons. The van der Waals surface area contributed by atoms with E-state index in [9.17, 15) is 13.2 Å². The third kappa shape index (κ3) is 6.83. The van der Waals surface area contributed by atoms with Gasteiger partial charge in [0.15, 0.2) is 0 Å². The Balaban J connectivity index is 1.60. The van der Waals surface area contributed by atoms with E-state index in [4.69, 9.17) is 4.74 Å². The van der Waals surface area contributed by atoms with E-state index in [2.05, 4.69) is 5.32 Å². The van der Waals surface area contributed by atoms with Crippen molar-refractivity contribution in [3.63, 3.8) is 0 Å². The van der Waals surface area contributed by atoms with Gasteiger partial charge in [0.2, 0.25) is 10.0 Å². The summed E-state index contributed by atoms with van der Waals surface area (Å²) in [5, 5.41) is 2.83. The number of amides is 1. The molecule has 3 rings (SSSR count). The van der Waals surface area contributed by atoms with Gasteiger partial charge in [-0.25, -0.2) is 8.42 Å². The minimum atomic E-state index is -3.48. The van der Waals surface area contributed by atoms with Crippen LogP contribution >= 0.6 is 0 Å². The van der Waals surface area contributed by atoms with Gasteiger partial charge in [0.25, 0.3) is 5.91 Å². The molecule has 3 aromatic rings. The van der Waals surface area contributed by atoms with Gasteiger partial charge in [0, 0.05) is 5.56 Å². The van der Waals surface area contributed by atoms with Gasteiger partial charge < -0.3 is 10.1 Å². The van der Waals surface area contributed by atoms with E-state index in [0.717, 1.165) is 28.0 Å². The fraction of sp³-hybridized carbons (Fsp3) is 0.269. The van der Waals surface area contributed by atoms with Gasteiger partial charge in [-0.05, 0) is 67.8 Å². The van der Waals surface area contributed by atoms with Gasteiger partial charge in [-0.1, -0.05) is 42.0 Å². The van der Waals surface area contributed by atoms with Crippen LogP contribution in [0.4, 0.5) is 5.69 Å². The van der Waals surface area contributed by atoms with Crippen molar-refractivity contribution in [2.75, 3.05) is 23.7 Å². The van der Waals surface area contributed by atoms with Crippen LogP contribution in [0.25, 0.3) is 0 Å². The number of anilines is 1. The van der Waals surface area contributed by atoms with Gasteiger partial charge in [-0.15, -0.1) is 0 Å². The normalized spacial score (nSPS) is 11.2. The van der Waals surface area contributed by atoms with E-state index in [0.29, 0.717) is 24.4 Å². The molecule has 0 saturated heterocycles. The van der Waals surface area contributed by atoms with Crippen LogP contribution in [0, 0.1) is 20.8 Å². The Morgan fingerprint density at radius 2 is 1.55 bits per heavy atom. The molecule has 0 aliphatic rings. The summed E-state index contributed by atoms with van der Waals surface area (Å²) in [5.74, 6) is 0.557. The molecule has 33 heavy (non-hydrogen) atoms. The van der Waals surface area contributed by atoms with Crippen LogP contribution in [0.5, 0.6) is 5.75 Å². The fourth-order valence-corrected chi connectivity index (χ4v) is 4.30. The van der Waals surface area contributed by atoms with E-state index in [1.807, 2.05) is 63.2 Å². The number of aryl methyl sites for hydroxylation is 3. The summed E-state index contributed by atoms with van der Waals surface area (Å²) in [6.45, 7) is 6.77. The first kappa shape index (κ1) is 24.3.